The molecule has 0 aromatic carbocycles. The number of hydrogen-bond acceptors (Lipinski definition) is 7. The van der Waals surface area contributed by atoms with Gasteiger partial charge in [-0.25, -0.2) is 0 Å². The highest BCUT2D eigenvalue weighted by Gasteiger charge is 2.20. The minimum Gasteiger partial charge on any atom is -0.381 e. The zero-order valence-electron chi connectivity index (χ0n) is 13.9. The summed E-state index contributed by atoms with van der Waals surface area (Å²) in [5, 5.41) is 17.5. The van der Waals surface area contributed by atoms with E-state index in [2.05, 4.69) is 31.1 Å². The summed E-state index contributed by atoms with van der Waals surface area (Å²) in [6.45, 7) is 2.49. The average molecular weight is 342 g/mol. The van der Waals surface area contributed by atoms with Gasteiger partial charge in [0.15, 0.2) is 5.82 Å². The standard InChI is InChI=1S/C17H22N6O2/c24-17(13-5-11-25-12-6-13)20-10-9-19-15-1-2-16(23-22-15)21-14-3-7-18-8-4-14/h1-4,7-8,13H,5-6,9-12H2,(H,19,22)(H,20,24)(H,18,21,23). The summed E-state index contributed by atoms with van der Waals surface area (Å²) in [7, 11) is 0. The first-order valence-corrected chi connectivity index (χ1v) is 8.41. The van der Waals surface area contributed by atoms with Gasteiger partial charge in [-0.2, -0.15) is 0 Å². The van der Waals surface area contributed by atoms with E-state index in [0.29, 0.717) is 37.9 Å². The average Bonchev–Trinajstić information content (AvgIpc) is 2.68. The third kappa shape index (κ3) is 5.39. The van der Waals surface area contributed by atoms with Crippen LogP contribution in [0.15, 0.2) is 36.7 Å². The van der Waals surface area contributed by atoms with Crippen LogP contribution in [-0.2, 0) is 9.53 Å². The largest absolute Gasteiger partial charge is 0.381 e. The molecule has 3 rings (SSSR count). The van der Waals surface area contributed by atoms with Crippen molar-refractivity contribution < 1.29 is 9.53 Å². The number of hydrogen-bond donors (Lipinski definition) is 3. The third-order valence-corrected chi connectivity index (χ3v) is 3.94. The fourth-order valence-corrected chi connectivity index (χ4v) is 2.56. The Morgan fingerprint density at radius 2 is 1.76 bits per heavy atom. The zero-order chi connectivity index (χ0) is 17.3. The molecule has 3 heterocycles. The molecule has 3 N–H and O–H groups in total. The molecule has 0 aliphatic carbocycles. The fraction of sp³-hybridized carbons (Fsp3) is 0.412. The fourth-order valence-electron chi connectivity index (χ4n) is 2.56. The van der Waals surface area contributed by atoms with Crippen molar-refractivity contribution >= 4 is 23.2 Å². The van der Waals surface area contributed by atoms with Gasteiger partial charge in [-0.15, -0.1) is 10.2 Å². The number of amides is 1. The van der Waals surface area contributed by atoms with Crippen LogP contribution < -0.4 is 16.0 Å². The molecule has 8 heteroatoms. The van der Waals surface area contributed by atoms with Gasteiger partial charge in [0.2, 0.25) is 5.91 Å². The first kappa shape index (κ1) is 17.1. The summed E-state index contributed by atoms with van der Waals surface area (Å²) >= 11 is 0. The molecule has 1 amide bonds. The van der Waals surface area contributed by atoms with Crippen LogP contribution in [0.1, 0.15) is 12.8 Å². The van der Waals surface area contributed by atoms with Crippen molar-refractivity contribution in [3.05, 3.63) is 36.7 Å². The van der Waals surface area contributed by atoms with Crippen LogP contribution in [0.5, 0.6) is 0 Å². The van der Waals surface area contributed by atoms with E-state index >= 15 is 0 Å². The van der Waals surface area contributed by atoms with Crippen molar-refractivity contribution in [2.45, 2.75) is 12.8 Å². The van der Waals surface area contributed by atoms with Crippen LogP contribution in [-0.4, -0.2) is 47.4 Å². The molecule has 0 saturated carbocycles. The van der Waals surface area contributed by atoms with Crippen LogP contribution in [0.2, 0.25) is 0 Å². The van der Waals surface area contributed by atoms with Gasteiger partial charge in [-0.3, -0.25) is 9.78 Å². The first-order valence-electron chi connectivity index (χ1n) is 8.41. The maximum atomic E-state index is 12.0. The number of carbonyl (C=O) groups excluding carboxylic acids is 1. The molecule has 0 radical (unpaired) electrons. The molecule has 0 unspecified atom stereocenters. The number of aromatic nitrogens is 3. The van der Waals surface area contributed by atoms with Gasteiger partial charge in [0.25, 0.3) is 0 Å². The van der Waals surface area contributed by atoms with Gasteiger partial charge in [0.05, 0.1) is 0 Å². The van der Waals surface area contributed by atoms with Crippen molar-refractivity contribution in [2.75, 3.05) is 36.9 Å². The highest BCUT2D eigenvalue weighted by atomic mass is 16.5. The second-order valence-corrected chi connectivity index (χ2v) is 5.77. The van der Waals surface area contributed by atoms with Crippen LogP contribution in [0.4, 0.5) is 17.3 Å². The Morgan fingerprint density at radius 1 is 1.04 bits per heavy atom. The topological polar surface area (TPSA) is 101 Å². The molecule has 1 saturated heterocycles. The Hall–Kier alpha value is -2.74. The Morgan fingerprint density at radius 3 is 2.48 bits per heavy atom. The summed E-state index contributed by atoms with van der Waals surface area (Å²) in [4.78, 5) is 16.0. The highest BCUT2D eigenvalue weighted by molar-refractivity contribution is 5.78. The molecule has 25 heavy (non-hydrogen) atoms. The molecule has 0 spiro atoms. The van der Waals surface area contributed by atoms with E-state index in [1.165, 1.54) is 0 Å². The minimum absolute atomic E-state index is 0.0760. The van der Waals surface area contributed by atoms with Crippen LogP contribution in [0, 0.1) is 5.92 Å². The lowest BCUT2D eigenvalue weighted by Crippen LogP contribution is -2.36. The van der Waals surface area contributed by atoms with Gasteiger partial charge in [0, 0.05) is 50.3 Å². The summed E-state index contributed by atoms with van der Waals surface area (Å²) in [6, 6.07) is 7.40. The van der Waals surface area contributed by atoms with Crippen molar-refractivity contribution in [1.29, 1.82) is 0 Å². The predicted molar refractivity (Wildman–Crippen MR) is 94.6 cm³/mol. The molecule has 0 bridgehead atoms. The maximum absolute atomic E-state index is 12.0. The number of carbonyl (C=O) groups is 1. The Kier molecular flexibility index (Phi) is 6.11. The normalized spacial score (nSPS) is 14.7. The molecular weight excluding hydrogens is 320 g/mol. The van der Waals surface area contributed by atoms with Crippen LogP contribution >= 0.6 is 0 Å². The monoisotopic (exact) mass is 342 g/mol. The van der Waals surface area contributed by atoms with Crippen molar-refractivity contribution in [1.82, 2.24) is 20.5 Å². The summed E-state index contributed by atoms with van der Waals surface area (Å²) in [6.07, 6.45) is 5.02. The third-order valence-electron chi connectivity index (χ3n) is 3.94. The summed E-state index contributed by atoms with van der Waals surface area (Å²) < 4.78 is 5.26. The molecular formula is C17H22N6O2. The number of nitrogens with zero attached hydrogens (tertiary/aromatic N) is 3. The van der Waals surface area contributed by atoms with Crippen LogP contribution in [0.3, 0.4) is 0 Å². The number of anilines is 3. The van der Waals surface area contributed by atoms with E-state index in [4.69, 9.17) is 4.74 Å². The molecule has 1 fully saturated rings. The molecule has 1 aliphatic heterocycles. The van der Waals surface area contributed by atoms with E-state index < -0.39 is 0 Å². The van der Waals surface area contributed by atoms with E-state index in [-0.39, 0.29) is 11.8 Å². The molecule has 0 atom stereocenters. The lowest BCUT2D eigenvalue weighted by molar-refractivity contribution is -0.127. The van der Waals surface area contributed by atoms with Crippen molar-refractivity contribution in [3.63, 3.8) is 0 Å². The second-order valence-electron chi connectivity index (χ2n) is 5.77. The lowest BCUT2D eigenvalue weighted by atomic mass is 9.99. The van der Waals surface area contributed by atoms with Gasteiger partial charge in [-0.1, -0.05) is 0 Å². The van der Waals surface area contributed by atoms with Crippen molar-refractivity contribution in [3.8, 4) is 0 Å². The number of rotatable bonds is 7. The van der Waals surface area contributed by atoms with Crippen molar-refractivity contribution in [2.24, 2.45) is 5.92 Å². The predicted octanol–water partition coefficient (Wildman–Crippen LogP) is 1.57. The minimum atomic E-state index is 0.0760. The Balaban J connectivity index is 1.37. The first-order chi connectivity index (χ1) is 12.3. The number of pyridine rings is 1. The van der Waals surface area contributed by atoms with E-state index in [0.717, 1.165) is 18.5 Å². The molecule has 2 aromatic heterocycles. The zero-order valence-corrected chi connectivity index (χ0v) is 13.9. The van der Waals surface area contributed by atoms with Gasteiger partial charge < -0.3 is 20.7 Å². The molecule has 8 nitrogen and oxygen atoms in total. The summed E-state index contributed by atoms with van der Waals surface area (Å²) in [5.41, 5.74) is 0.904. The smallest absolute Gasteiger partial charge is 0.223 e. The van der Waals surface area contributed by atoms with Crippen LogP contribution in [0.25, 0.3) is 0 Å². The van der Waals surface area contributed by atoms with E-state index in [1.54, 1.807) is 12.4 Å². The molecule has 2 aromatic rings. The lowest BCUT2D eigenvalue weighted by Gasteiger charge is -2.21. The Labute approximate surface area is 146 Å². The van der Waals surface area contributed by atoms with Gasteiger partial charge in [-0.05, 0) is 37.1 Å². The highest BCUT2D eigenvalue weighted by Crippen LogP contribution is 2.14. The second kappa shape index (κ2) is 8.93. The maximum Gasteiger partial charge on any atom is 0.223 e. The SMILES string of the molecule is O=C(NCCNc1ccc(Nc2ccncc2)nn1)C1CCOCC1. The summed E-state index contributed by atoms with van der Waals surface area (Å²) in [5.74, 6) is 1.50. The van der Waals surface area contributed by atoms with Gasteiger partial charge >= 0.3 is 0 Å². The number of nitrogens with one attached hydrogen (secondary N) is 3. The van der Waals surface area contributed by atoms with E-state index in [9.17, 15) is 4.79 Å². The van der Waals surface area contributed by atoms with E-state index in [1.807, 2.05) is 24.3 Å². The molecule has 132 valence electrons. The Bertz CT molecular complexity index is 659. The quantitative estimate of drug-likeness (QED) is 0.657. The molecule has 1 aliphatic rings. The van der Waals surface area contributed by atoms with Gasteiger partial charge in [0.1, 0.15) is 5.82 Å². The number of ether oxygens (including phenoxy) is 1.